The van der Waals surface area contributed by atoms with Crippen molar-refractivity contribution in [3.63, 3.8) is 0 Å². The summed E-state index contributed by atoms with van der Waals surface area (Å²) in [5, 5.41) is 8.45. The van der Waals surface area contributed by atoms with Crippen LogP contribution in [0.4, 0.5) is 13.2 Å². The molecule has 0 aromatic carbocycles. The Hall–Kier alpha value is -0.760. The second-order valence-electron chi connectivity index (χ2n) is 4.12. The molecule has 0 aromatic rings. The third kappa shape index (κ3) is 1.85. The minimum atomic E-state index is -4.36. The van der Waals surface area contributed by atoms with E-state index >= 15 is 0 Å². The molecule has 0 N–H and O–H groups in total. The van der Waals surface area contributed by atoms with Crippen LogP contribution in [0.1, 0.15) is 33.1 Å². The first-order valence-electron chi connectivity index (χ1n) is 4.36. The third-order valence-corrected chi connectivity index (χ3v) is 2.66. The van der Waals surface area contributed by atoms with Crippen LogP contribution < -0.4 is 0 Å². The van der Waals surface area contributed by atoms with E-state index in [-0.39, 0.29) is 19.3 Å². The first kappa shape index (κ1) is 11.3. The van der Waals surface area contributed by atoms with Crippen LogP contribution in [0.3, 0.4) is 0 Å². The highest BCUT2D eigenvalue weighted by atomic mass is 19.4. The van der Waals surface area contributed by atoms with Gasteiger partial charge in [0.05, 0.1) is 18.1 Å². The van der Waals surface area contributed by atoms with E-state index < -0.39 is 17.4 Å². The summed E-state index contributed by atoms with van der Waals surface area (Å²) < 4.78 is 42.6. The standard InChI is InChI=1S/C9H12F3NO/c1-7(5-6-13)3-4-8(2,14-7)9(10,11)12/h3-5H2,1-2H3. The topological polar surface area (TPSA) is 33.0 Å². The predicted octanol–water partition coefficient (Wildman–Crippen LogP) is 2.79. The number of halogens is 3. The Morgan fingerprint density at radius 3 is 2.29 bits per heavy atom. The van der Waals surface area contributed by atoms with Gasteiger partial charge in [0.2, 0.25) is 0 Å². The zero-order valence-corrected chi connectivity index (χ0v) is 8.11. The molecule has 0 radical (unpaired) electrons. The number of nitrogens with zero attached hydrogens (tertiary/aromatic N) is 1. The van der Waals surface area contributed by atoms with Gasteiger partial charge in [-0.1, -0.05) is 0 Å². The summed E-state index contributed by atoms with van der Waals surface area (Å²) in [6.45, 7) is 2.59. The van der Waals surface area contributed by atoms with Crippen LogP contribution in [0.5, 0.6) is 0 Å². The van der Waals surface area contributed by atoms with Gasteiger partial charge in [0.25, 0.3) is 0 Å². The summed E-state index contributed by atoms with van der Waals surface area (Å²) in [5.74, 6) is 0. The van der Waals surface area contributed by atoms with Crippen LogP contribution in [-0.4, -0.2) is 17.4 Å². The van der Waals surface area contributed by atoms with Crippen molar-refractivity contribution < 1.29 is 17.9 Å². The molecule has 1 heterocycles. The SMILES string of the molecule is CC1(CC#N)CCC(C)(C(F)(F)F)O1. The van der Waals surface area contributed by atoms with Crippen LogP contribution in [0.15, 0.2) is 0 Å². The van der Waals surface area contributed by atoms with Crippen molar-refractivity contribution in [3.05, 3.63) is 0 Å². The average molecular weight is 207 g/mol. The molecule has 2 atom stereocenters. The molecule has 0 spiro atoms. The lowest BCUT2D eigenvalue weighted by molar-refractivity contribution is -0.275. The highest BCUT2D eigenvalue weighted by molar-refractivity contribution is 5.00. The van der Waals surface area contributed by atoms with Gasteiger partial charge in [-0.2, -0.15) is 18.4 Å². The largest absolute Gasteiger partial charge is 0.417 e. The maximum Gasteiger partial charge on any atom is 0.417 e. The van der Waals surface area contributed by atoms with Crippen LogP contribution >= 0.6 is 0 Å². The molecule has 1 fully saturated rings. The number of alkyl halides is 3. The van der Waals surface area contributed by atoms with Gasteiger partial charge in [0.15, 0.2) is 5.60 Å². The zero-order valence-electron chi connectivity index (χ0n) is 8.11. The van der Waals surface area contributed by atoms with Crippen LogP contribution in [0.25, 0.3) is 0 Å². The summed E-state index contributed by atoms with van der Waals surface area (Å²) in [4.78, 5) is 0. The van der Waals surface area contributed by atoms with E-state index in [0.29, 0.717) is 0 Å². The predicted molar refractivity (Wildman–Crippen MR) is 43.4 cm³/mol. The van der Waals surface area contributed by atoms with Crippen molar-refractivity contribution >= 4 is 0 Å². The minimum absolute atomic E-state index is 0.00132. The molecule has 14 heavy (non-hydrogen) atoms. The normalized spacial score (nSPS) is 38.3. The lowest BCUT2D eigenvalue weighted by Gasteiger charge is -2.30. The first-order chi connectivity index (χ1) is 6.22. The Bertz CT molecular complexity index is 270. The molecule has 0 saturated carbocycles. The number of hydrogen-bond donors (Lipinski definition) is 0. The van der Waals surface area contributed by atoms with Crippen LogP contribution in [0, 0.1) is 11.3 Å². The summed E-state index contributed by atoms with van der Waals surface area (Å²) in [6.07, 6.45) is -4.16. The molecule has 0 aromatic heterocycles. The van der Waals surface area contributed by atoms with Crippen molar-refractivity contribution in [2.45, 2.75) is 50.5 Å². The molecule has 0 bridgehead atoms. The fourth-order valence-corrected chi connectivity index (χ4v) is 1.64. The van der Waals surface area contributed by atoms with E-state index in [4.69, 9.17) is 10.00 Å². The smallest absolute Gasteiger partial charge is 0.359 e. The molecule has 80 valence electrons. The maximum atomic E-state index is 12.5. The van der Waals surface area contributed by atoms with Crippen LogP contribution in [-0.2, 0) is 4.74 Å². The molecule has 0 aliphatic carbocycles. The van der Waals surface area contributed by atoms with Crippen molar-refractivity contribution in [2.75, 3.05) is 0 Å². The molecule has 1 aliphatic heterocycles. The molecule has 2 unspecified atom stereocenters. The summed E-state index contributed by atoms with van der Waals surface area (Å²) in [7, 11) is 0. The Morgan fingerprint density at radius 2 is 1.93 bits per heavy atom. The van der Waals surface area contributed by atoms with Crippen molar-refractivity contribution in [3.8, 4) is 6.07 Å². The van der Waals surface area contributed by atoms with Gasteiger partial charge in [0, 0.05) is 0 Å². The molecular formula is C9H12F3NO. The Kier molecular flexibility index (Phi) is 2.53. The fourth-order valence-electron chi connectivity index (χ4n) is 1.64. The molecule has 1 rings (SSSR count). The summed E-state index contributed by atoms with van der Waals surface area (Å²) in [5.41, 5.74) is -3.03. The van der Waals surface area contributed by atoms with E-state index in [9.17, 15) is 13.2 Å². The van der Waals surface area contributed by atoms with Gasteiger partial charge in [0.1, 0.15) is 0 Å². The summed E-state index contributed by atoms with van der Waals surface area (Å²) in [6, 6.07) is 1.85. The second kappa shape index (κ2) is 3.13. The maximum absolute atomic E-state index is 12.5. The van der Waals surface area contributed by atoms with E-state index in [1.165, 1.54) is 0 Å². The number of ether oxygens (including phenoxy) is 1. The van der Waals surface area contributed by atoms with E-state index in [1.807, 2.05) is 6.07 Å². The van der Waals surface area contributed by atoms with E-state index in [0.717, 1.165) is 6.92 Å². The van der Waals surface area contributed by atoms with Gasteiger partial charge in [-0.05, 0) is 26.7 Å². The molecule has 0 amide bonds. The number of nitriles is 1. The van der Waals surface area contributed by atoms with Crippen molar-refractivity contribution in [1.29, 1.82) is 5.26 Å². The highest BCUT2D eigenvalue weighted by Gasteiger charge is 2.59. The zero-order chi connectivity index (χ0) is 11.0. The second-order valence-corrected chi connectivity index (χ2v) is 4.12. The fraction of sp³-hybridized carbons (Fsp3) is 0.889. The average Bonchev–Trinajstić information content (AvgIpc) is 2.28. The van der Waals surface area contributed by atoms with Crippen LogP contribution in [0.2, 0.25) is 0 Å². The van der Waals surface area contributed by atoms with Gasteiger partial charge >= 0.3 is 6.18 Å². The van der Waals surface area contributed by atoms with Gasteiger partial charge in [-0.25, -0.2) is 0 Å². The lowest BCUT2D eigenvalue weighted by atomic mass is 9.96. The lowest BCUT2D eigenvalue weighted by Crippen LogP contribution is -2.44. The molecule has 1 aliphatic rings. The van der Waals surface area contributed by atoms with Gasteiger partial charge in [-0.3, -0.25) is 0 Å². The van der Waals surface area contributed by atoms with Gasteiger partial charge < -0.3 is 4.74 Å². The molecule has 5 heteroatoms. The van der Waals surface area contributed by atoms with E-state index in [1.54, 1.807) is 6.92 Å². The highest BCUT2D eigenvalue weighted by Crippen LogP contribution is 2.47. The monoisotopic (exact) mass is 207 g/mol. The molecule has 1 saturated heterocycles. The number of rotatable bonds is 1. The van der Waals surface area contributed by atoms with Gasteiger partial charge in [-0.15, -0.1) is 0 Å². The number of hydrogen-bond acceptors (Lipinski definition) is 2. The third-order valence-electron chi connectivity index (χ3n) is 2.66. The molecular weight excluding hydrogens is 195 g/mol. The Labute approximate surface area is 80.7 Å². The van der Waals surface area contributed by atoms with Crippen molar-refractivity contribution in [2.24, 2.45) is 0 Å². The van der Waals surface area contributed by atoms with Crippen molar-refractivity contribution in [1.82, 2.24) is 0 Å². The minimum Gasteiger partial charge on any atom is -0.359 e. The Morgan fingerprint density at radius 1 is 1.36 bits per heavy atom. The summed E-state index contributed by atoms with van der Waals surface area (Å²) >= 11 is 0. The van der Waals surface area contributed by atoms with E-state index in [2.05, 4.69) is 0 Å². The Balaban J connectivity index is 2.79. The quantitative estimate of drug-likeness (QED) is 0.662. The molecule has 2 nitrogen and oxygen atoms in total. The first-order valence-corrected chi connectivity index (χ1v) is 4.36.